The Morgan fingerprint density at radius 3 is 1.83 bits per heavy atom. The molecule has 0 fully saturated rings. The zero-order chi connectivity index (χ0) is 24.5. The standard InChI is InChI=1S/C30H27NO4/c32-29(28(24-14-6-2-7-15-24)25-16-8-3-9-17-25)31-27(30(33)34)20-23-13-10-18-26(19-23)35-21-22-11-4-1-5-12-22/h1-19,27-28H,20-21H2,(H,31,32)(H,33,34)/t27-/m1/s1. The maximum Gasteiger partial charge on any atom is 0.326 e. The van der Waals surface area contributed by atoms with Crippen molar-refractivity contribution in [2.24, 2.45) is 0 Å². The summed E-state index contributed by atoms with van der Waals surface area (Å²) in [5.74, 6) is -1.41. The fourth-order valence-electron chi connectivity index (χ4n) is 3.98. The third-order valence-corrected chi connectivity index (χ3v) is 5.73. The van der Waals surface area contributed by atoms with Crippen molar-refractivity contribution in [2.45, 2.75) is 25.0 Å². The summed E-state index contributed by atoms with van der Waals surface area (Å²) >= 11 is 0. The Morgan fingerprint density at radius 1 is 0.714 bits per heavy atom. The van der Waals surface area contributed by atoms with Gasteiger partial charge in [0, 0.05) is 6.42 Å². The number of hydrogen-bond acceptors (Lipinski definition) is 3. The van der Waals surface area contributed by atoms with Gasteiger partial charge >= 0.3 is 5.97 Å². The number of rotatable bonds is 10. The highest BCUT2D eigenvalue weighted by Crippen LogP contribution is 2.25. The lowest BCUT2D eigenvalue weighted by Crippen LogP contribution is -2.44. The Morgan fingerprint density at radius 2 is 1.26 bits per heavy atom. The lowest BCUT2D eigenvalue weighted by molar-refractivity contribution is -0.141. The largest absolute Gasteiger partial charge is 0.489 e. The van der Waals surface area contributed by atoms with Crippen LogP contribution in [-0.2, 0) is 22.6 Å². The van der Waals surface area contributed by atoms with E-state index in [1.807, 2.05) is 115 Å². The molecule has 2 N–H and O–H groups in total. The number of nitrogens with one attached hydrogen (secondary N) is 1. The summed E-state index contributed by atoms with van der Waals surface area (Å²) < 4.78 is 5.87. The molecule has 0 spiro atoms. The number of carboxylic acid groups (broad SMARTS) is 1. The molecule has 0 aliphatic carbocycles. The number of carbonyl (C=O) groups is 2. The van der Waals surface area contributed by atoms with Crippen molar-refractivity contribution in [1.29, 1.82) is 0 Å². The Bertz CT molecular complexity index is 1200. The van der Waals surface area contributed by atoms with Crippen LogP contribution in [0.5, 0.6) is 5.75 Å². The van der Waals surface area contributed by atoms with Crippen LogP contribution in [0.2, 0.25) is 0 Å². The van der Waals surface area contributed by atoms with Crippen molar-refractivity contribution in [2.75, 3.05) is 0 Å². The van der Waals surface area contributed by atoms with E-state index >= 15 is 0 Å². The molecule has 1 amide bonds. The molecule has 0 bridgehead atoms. The van der Waals surface area contributed by atoms with Gasteiger partial charge in [-0.3, -0.25) is 4.79 Å². The van der Waals surface area contributed by atoms with Gasteiger partial charge in [0.05, 0.1) is 5.92 Å². The number of hydrogen-bond donors (Lipinski definition) is 2. The van der Waals surface area contributed by atoms with E-state index in [0.717, 1.165) is 22.3 Å². The van der Waals surface area contributed by atoms with Crippen molar-refractivity contribution in [1.82, 2.24) is 5.32 Å². The third-order valence-electron chi connectivity index (χ3n) is 5.73. The van der Waals surface area contributed by atoms with Crippen LogP contribution in [0.25, 0.3) is 0 Å². The highest BCUT2D eigenvalue weighted by molar-refractivity contribution is 5.90. The van der Waals surface area contributed by atoms with Gasteiger partial charge < -0.3 is 15.2 Å². The molecule has 4 aromatic carbocycles. The minimum Gasteiger partial charge on any atom is -0.489 e. The summed E-state index contributed by atoms with van der Waals surface area (Å²) in [6.07, 6.45) is 0.139. The molecule has 0 radical (unpaired) electrons. The molecule has 35 heavy (non-hydrogen) atoms. The van der Waals surface area contributed by atoms with Crippen molar-refractivity contribution in [3.63, 3.8) is 0 Å². The van der Waals surface area contributed by atoms with Crippen molar-refractivity contribution < 1.29 is 19.4 Å². The molecular formula is C30H27NO4. The highest BCUT2D eigenvalue weighted by atomic mass is 16.5. The van der Waals surface area contributed by atoms with Gasteiger partial charge in [0.15, 0.2) is 0 Å². The SMILES string of the molecule is O=C(N[C@H](Cc1cccc(OCc2ccccc2)c1)C(=O)O)C(c1ccccc1)c1ccccc1. The van der Waals surface area contributed by atoms with Crippen LogP contribution in [0.1, 0.15) is 28.2 Å². The maximum absolute atomic E-state index is 13.4. The minimum atomic E-state index is -1.09. The highest BCUT2D eigenvalue weighted by Gasteiger charge is 2.28. The summed E-state index contributed by atoms with van der Waals surface area (Å²) in [6.45, 7) is 0.416. The Labute approximate surface area is 205 Å². The number of carbonyl (C=O) groups excluding carboxylic acids is 1. The average Bonchev–Trinajstić information content (AvgIpc) is 2.89. The first-order chi connectivity index (χ1) is 17.1. The molecule has 0 aliphatic rings. The first-order valence-corrected chi connectivity index (χ1v) is 11.5. The smallest absolute Gasteiger partial charge is 0.326 e. The van der Waals surface area contributed by atoms with Crippen LogP contribution in [0.15, 0.2) is 115 Å². The monoisotopic (exact) mass is 465 g/mol. The van der Waals surface area contributed by atoms with Gasteiger partial charge in [-0.1, -0.05) is 103 Å². The van der Waals surface area contributed by atoms with E-state index in [0.29, 0.717) is 12.4 Å². The Kier molecular flexibility index (Phi) is 7.92. The summed E-state index contributed by atoms with van der Waals surface area (Å²) in [7, 11) is 0. The molecule has 4 aromatic rings. The second-order valence-corrected chi connectivity index (χ2v) is 8.28. The fraction of sp³-hybridized carbons (Fsp3) is 0.133. The lowest BCUT2D eigenvalue weighted by atomic mass is 9.90. The van der Waals surface area contributed by atoms with Crippen LogP contribution in [-0.4, -0.2) is 23.0 Å². The molecule has 0 aromatic heterocycles. The molecule has 0 aliphatic heterocycles. The molecule has 1 atom stereocenters. The van der Waals surface area contributed by atoms with Gasteiger partial charge in [0.2, 0.25) is 5.91 Å². The van der Waals surface area contributed by atoms with Crippen molar-refractivity contribution in [3.8, 4) is 5.75 Å². The van der Waals surface area contributed by atoms with Crippen LogP contribution in [0.3, 0.4) is 0 Å². The van der Waals surface area contributed by atoms with Crippen molar-refractivity contribution in [3.05, 3.63) is 138 Å². The first kappa shape index (κ1) is 23.8. The molecule has 176 valence electrons. The molecule has 4 rings (SSSR count). The fourth-order valence-corrected chi connectivity index (χ4v) is 3.98. The molecule has 5 nitrogen and oxygen atoms in total. The Hall–Kier alpha value is -4.38. The zero-order valence-corrected chi connectivity index (χ0v) is 19.2. The van der Waals surface area contributed by atoms with E-state index in [1.165, 1.54) is 0 Å². The van der Waals surface area contributed by atoms with Gasteiger partial charge in [-0.15, -0.1) is 0 Å². The topological polar surface area (TPSA) is 75.6 Å². The quantitative estimate of drug-likeness (QED) is 0.337. The van der Waals surface area contributed by atoms with E-state index < -0.39 is 17.9 Å². The average molecular weight is 466 g/mol. The second-order valence-electron chi connectivity index (χ2n) is 8.28. The molecule has 0 unspecified atom stereocenters. The molecular weight excluding hydrogens is 438 g/mol. The molecule has 0 saturated heterocycles. The van der Waals surface area contributed by atoms with E-state index in [1.54, 1.807) is 0 Å². The molecule has 0 heterocycles. The summed E-state index contributed by atoms with van der Waals surface area (Å²) in [5, 5.41) is 12.6. The van der Waals surface area contributed by atoms with Gasteiger partial charge in [0.25, 0.3) is 0 Å². The molecule has 5 heteroatoms. The van der Waals surface area contributed by atoms with Crippen LogP contribution in [0.4, 0.5) is 0 Å². The first-order valence-electron chi connectivity index (χ1n) is 11.5. The minimum absolute atomic E-state index is 0.139. The Balaban J connectivity index is 1.49. The number of aliphatic carboxylic acids is 1. The number of benzene rings is 4. The second kappa shape index (κ2) is 11.7. The van der Waals surface area contributed by atoms with Gasteiger partial charge in [0.1, 0.15) is 18.4 Å². The lowest BCUT2D eigenvalue weighted by Gasteiger charge is -2.21. The maximum atomic E-state index is 13.4. The predicted molar refractivity (Wildman–Crippen MR) is 135 cm³/mol. The van der Waals surface area contributed by atoms with Crippen LogP contribution >= 0.6 is 0 Å². The summed E-state index contributed by atoms with van der Waals surface area (Å²) in [6, 6.07) is 34.8. The van der Waals surface area contributed by atoms with E-state index in [2.05, 4.69) is 5.32 Å². The normalized spacial score (nSPS) is 11.6. The van der Waals surface area contributed by atoms with E-state index in [9.17, 15) is 14.7 Å². The van der Waals surface area contributed by atoms with Crippen LogP contribution in [0, 0.1) is 0 Å². The van der Waals surface area contributed by atoms with Gasteiger partial charge in [-0.25, -0.2) is 4.79 Å². The number of carboxylic acids is 1. The predicted octanol–water partition coefficient (Wildman–Crippen LogP) is 5.21. The van der Waals surface area contributed by atoms with E-state index in [-0.39, 0.29) is 12.3 Å². The van der Waals surface area contributed by atoms with Crippen molar-refractivity contribution >= 4 is 11.9 Å². The van der Waals surface area contributed by atoms with E-state index in [4.69, 9.17) is 4.74 Å². The number of amides is 1. The number of ether oxygens (including phenoxy) is 1. The van der Waals surface area contributed by atoms with Gasteiger partial charge in [-0.2, -0.15) is 0 Å². The van der Waals surface area contributed by atoms with Crippen LogP contribution < -0.4 is 10.1 Å². The van der Waals surface area contributed by atoms with Gasteiger partial charge in [-0.05, 0) is 34.4 Å². The zero-order valence-electron chi connectivity index (χ0n) is 19.2. The third kappa shape index (κ3) is 6.58. The molecule has 0 saturated carbocycles. The summed E-state index contributed by atoms with van der Waals surface area (Å²) in [5.41, 5.74) is 3.41. The summed E-state index contributed by atoms with van der Waals surface area (Å²) in [4.78, 5) is 25.5.